The van der Waals surface area contributed by atoms with Crippen molar-refractivity contribution in [2.45, 2.75) is 66.8 Å². The fraction of sp³-hybridized carbons (Fsp3) is 0.217. The van der Waals surface area contributed by atoms with Gasteiger partial charge in [0, 0.05) is 29.1 Å². The summed E-state index contributed by atoms with van der Waals surface area (Å²) >= 11 is 0. The second kappa shape index (κ2) is 10.1. The van der Waals surface area contributed by atoms with Gasteiger partial charge in [-0.3, -0.25) is 0 Å². The van der Waals surface area contributed by atoms with Gasteiger partial charge in [0.15, 0.2) is 0 Å². The lowest BCUT2D eigenvalue weighted by Gasteiger charge is -2.25. The van der Waals surface area contributed by atoms with Crippen LogP contribution >= 0.6 is 0 Å². The highest BCUT2D eigenvalue weighted by atomic mass is 15.0. The van der Waals surface area contributed by atoms with Crippen molar-refractivity contribution in [1.29, 1.82) is 0 Å². The molecule has 4 aliphatic carbocycles. The summed E-state index contributed by atoms with van der Waals surface area (Å²) in [5.74, 6) is 0.427. The number of hydrogen-bond donors (Lipinski definition) is 0. The minimum atomic E-state index is 0.213. The summed E-state index contributed by atoms with van der Waals surface area (Å²) in [7, 11) is 0. The molecule has 0 spiro atoms. The van der Waals surface area contributed by atoms with Gasteiger partial charge in [0.2, 0.25) is 0 Å². The van der Waals surface area contributed by atoms with Gasteiger partial charge < -0.3 is 4.57 Å². The van der Waals surface area contributed by atoms with Crippen molar-refractivity contribution >= 4 is 23.3 Å². The van der Waals surface area contributed by atoms with Crippen LogP contribution in [0.2, 0.25) is 0 Å². The van der Waals surface area contributed by atoms with Crippen molar-refractivity contribution in [3.8, 4) is 0 Å². The van der Waals surface area contributed by atoms with Gasteiger partial charge in [-0.25, -0.2) is 0 Å². The van der Waals surface area contributed by atoms with Crippen LogP contribution in [0.5, 0.6) is 0 Å². The van der Waals surface area contributed by atoms with E-state index in [-0.39, 0.29) is 11.8 Å². The van der Waals surface area contributed by atoms with Crippen molar-refractivity contribution in [2.24, 2.45) is 0 Å². The molecule has 0 radical (unpaired) electrons. The SMILES string of the molecule is CCn1c2c(c3c1C1C(=C(c4c(C)cc(C)cc4C)c4ccccc41)C=C3)C=CC1=C(c3c(C)cc(C)cc3C)c3ccccc3C12. The molecule has 0 N–H and O–H groups in total. The molecule has 0 amide bonds. The second-order valence-corrected chi connectivity index (χ2v) is 14.3. The first kappa shape index (κ1) is 28.4. The van der Waals surface area contributed by atoms with Crippen LogP contribution in [0, 0.1) is 41.5 Å². The summed E-state index contributed by atoms with van der Waals surface area (Å²) in [4.78, 5) is 0. The van der Waals surface area contributed by atoms with E-state index < -0.39 is 0 Å². The molecule has 1 aromatic heterocycles. The fourth-order valence-electron chi connectivity index (χ4n) is 9.90. The monoisotopic (exact) mass is 607 g/mol. The maximum Gasteiger partial charge on any atom is 0.0511 e. The van der Waals surface area contributed by atoms with Crippen molar-refractivity contribution in [2.75, 3.05) is 0 Å². The molecule has 1 heterocycles. The van der Waals surface area contributed by atoms with Crippen LogP contribution in [0.3, 0.4) is 0 Å². The molecular formula is C46H41N. The van der Waals surface area contributed by atoms with Crippen molar-refractivity contribution < 1.29 is 0 Å². The second-order valence-electron chi connectivity index (χ2n) is 14.3. The number of fused-ring (bicyclic) bond motifs is 11. The largest absolute Gasteiger partial charge is 0.346 e. The Kier molecular flexibility index (Phi) is 6.07. The maximum absolute atomic E-state index is 2.70. The lowest BCUT2D eigenvalue weighted by molar-refractivity contribution is 0.656. The lowest BCUT2D eigenvalue weighted by Crippen LogP contribution is -2.16. The smallest absolute Gasteiger partial charge is 0.0511 e. The number of allylic oxidation sites excluding steroid dienone is 4. The molecule has 0 fully saturated rings. The maximum atomic E-state index is 2.70. The van der Waals surface area contributed by atoms with Gasteiger partial charge in [-0.15, -0.1) is 0 Å². The predicted octanol–water partition coefficient (Wildman–Crippen LogP) is 11.3. The van der Waals surface area contributed by atoms with E-state index in [1.807, 2.05) is 0 Å². The minimum Gasteiger partial charge on any atom is -0.346 e. The predicted molar refractivity (Wildman–Crippen MR) is 198 cm³/mol. The first-order valence-electron chi connectivity index (χ1n) is 17.2. The van der Waals surface area contributed by atoms with E-state index in [2.05, 4.69) is 150 Å². The van der Waals surface area contributed by atoms with Crippen molar-refractivity contribution in [1.82, 2.24) is 4.57 Å². The Morgan fingerprint density at radius 1 is 0.511 bits per heavy atom. The van der Waals surface area contributed by atoms with E-state index in [9.17, 15) is 0 Å². The Morgan fingerprint density at radius 3 is 1.28 bits per heavy atom. The highest BCUT2D eigenvalue weighted by Gasteiger charge is 2.43. The summed E-state index contributed by atoms with van der Waals surface area (Å²) in [6.07, 6.45) is 9.78. The first-order valence-corrected chi connectivity index (χ1v) is 17.2. The topological polar surface area (TPSA) is 4.93 Å². The third-order valence-corrected chi connectivity index (χ3v) is 11.3. The Morgan fingerprint density at radius 2 is 0.894 bits per heavy atom. The van der Waals surface area contributed by atoms with E-state index in [1.54, 1.807) is 0 Å². The van der Waals surface area contributed by atoms with Crippen molar-refractivity contribution in [3.63, 3.8) is 0 Å². The number of nitrogens with zero attached hydrogens (tertiary/aromatic N) is 1. The number of aromatic nitrogens is 1. The minimum absolute atomic E-state index is 0.213. The van der Waals surface area contributed by atoms with Crippen LogP contribution in [-0.4, -0.2) is 4.57 Å². The summed E-state index contributed by atoms with van der Waals surface area (Å²) in [6.45, 7) is 16.9. The van der Waals surface area contributed by atoms with Gasteiger partial charge in [0.1, 0.15) is 0 Å². The fourth-order valence-corrected chi connectivity index (χ4v) is 9.90. The average molecular weight is 608 g/mol. The van der Waals surface area contributed by atoms with Gasteiger partial charge in [0.05, 0.1) is 11.8 Å². The Bertz CT molecular complexity index is 2130. The molecule has 230 valence electrons. The molecule has 47 heavy (non-hydrogen) atoms. The van der Waals surface area contributed by atoms with E-state index in [0.717, 1.165) is 6.54 Å². The highest BCUT2D eigenvalue weighted by Crippen LogP contribution is 2.58. The third-order valence-electron chi connectivity index (χ3n) is 11.3. The van der Waals surface area contributed by atoms with Gasteiger partial charge in [-0.1, -0.05) is 108 Å². The van der Waals surface area contributed by atoms with Crippen LogP contribution < -0.4 is 0 Å². The summed E-state index contributed by atoms with van der Waals surface area (Å²) in [5, 5.41) is 0. The summed E-state index contributed by atoms with van der Waals surface area (Å²) in [6, 6.07) is 27.8. The van der Waals surface area contributed by atoms with E-state index in [0.29, 0.717) is 0 Å². The number of hydrogen-bond acceptors (Lipinski definition) is 0. The number of rotatable bonds is 3. The normalized spacial score (nSPS) is 18.3. The van der Waals surface area contributed by atoms with E-state index in [4.69, 9.17) is 0 Å². The zero-order valence-electron chi connectivity index (χ0n) is 28.5. The Hall–Kier alpha value is -4.88. The van der Waals surface area contributed by atoms with Gasteiger partial charge in [0.25, 0.3) is 0 Å². The Balaban J connectivity index is 1.32. The van der Waals surface area contributed by atoms with Crippen LogP contribution in [0.4, 0.5) is 0 Å². The zero-order valence-corrected chi connectivity index (χ0v) is 28.5. The Labute approximate surface area is 279 Å². The molecule has 2 unspecified atom stereocenters. The van der Waals surface area contributed by atoms with Crippen LogP contribution in [0.15, 0.2) is 96.1 Å². The molecule has 0 saturated heterocycles. The molecule has 0 saturated carbocycles. The molecule has 1 heteroatoms. The van der Waals surface area contributed by atoms with Crippen molar-refractivity contribution in [3.05, 3.63) is 185 Å². The quantitative estimate of drug-likeness (QED) is 0.192. The van der Waals surface area contributed by atoms with Crippen LogP contribution in [0.1, 0.15) is 108 Å². The van der Waals surface area contributed by atoms with Gasteiger partial charge >= 0.3 is 0 Å². The number of aryl methyl sites for hydroxylation is 6. The molecular weight excluding hydrogens is 567 g/mol. The average Bonchev–Trinajstić information content (AvgIpc) is 3.66. The third kappa shape index (κ3) is 3.77. The molecule has 0 aliphatic heterocycles. The lowest BCUT2D eigenvalue weighted by atomic mass is 9.81. The first-order chi connectivity index (χ1) is 22.8. The molecule has 4 aliphatic rings. The van der Waals surface area contributed by atoms with E-state index in [1.165, 1.54) is 112 Å². The van der Waals surface area contributed by atoms with Gasteiger partial charge in [-0.05, 0) is 126 Å². The van der Waals surface area contributed by atoms with Crippen LogP contribution in [-0.2, 0) is 6.54 Å². The molecule has 4 aromatic carbocycles. The summed E-state index contributed by atoms with van der Waals surface area (Å²) in [5.41, 5.74) is 28.0. The standard InChI is InChI=1S/C46H41N/c1-8-47-45-35(17-19-37-41(31-13-9-11-15-33(31)43(37)45)39-27(4)21-25(2)22-28(39)5)36-18-20-38-42(40-29(6)23-26(3)24-30(40)7)32-14-10-12-16-34(32)44(38)46(36)47/h9-24,43-44H,8H2,1-7H3. The van der Waals surface area contributed by atoms with E-state index >= 15 is 0 Å². The van der Waals surface area contributed by atoms with Gasteiger partial charge in [-0.2, -0.15) is 0 Å². The summed E-state index contributed by atoms with van der Waals surface area (Å²) < 4.78 is 2.70. The highest BCUT2D eigenvalue weighted by molar-refractivity contribution is 5.98. The number of benzene rings is 4. The molecule has 0 bridgehead atoms. The van der Waals surface area contributed by atoms with Crippen LogP contribution in [0.25, 0.3) is 23.3 Å². The zero-order chi connectivity index (χ0) is 32.3. The molecule has 2 atom stereocenters. The molecule has 5 aromatic rings. The molecule has 9 rings (SSSR count). The molecule has 1 nitrogen and oxygen atoms in total.